The van der Waals surface area contributed by atoms with Crippen LogP contribution in [0.4, 0.5) is 24.5 Å². The SMILES string of the molecule is CNC(=O)c1cccc(NC(=O)c2ccc(S(=O)(=O)Nc3cccc(C(F)(F)F)c3)cc2)c1. The normalized spacial score (nSPS) is 11.5. The van der Waals surface area contributed by atoms with Crippen molar-refractivity contribution in [1.82, 2.24) is 5.32 Å². The molecule has 3 rings (SSSR count). The first-order valence-corrected chi connectivity index (χ1v) is 10.9. The first-order valence-electron chi connectivity index (χ1n) is 9.43. The van der Waals surface area contributed by atoms with Crippen molar-refractivity contribution in [2.75, 3.05) is 17.1 Å². The Morgan fingerprint density at radius 1 is 0.788 bits per heavy atom. The molecule has 0 bridgehead atoms. The maximum atomic E-state index is 12.8. The van der Waals surface area contributed by atoms with Crippen molar-refractivity contribution in [3.63, 3.8) is 0 Å². The minimum atomic E-state index is -4.61. The average molecular weight is 477 g/mol. The number of amides is 2. The van der Waals surface area contributed by atoms with Gasteiger partial charge >= 0.3 is 6.18 Å². The maximum absolute atomic E-state index is 12.8. The lowest BCUT2D eigenvalue weighted by Crippen LogP contribution is -2.18. The lowest BCUT2D eigenvalue weighted by Gasteiger charge is -2.12. The van der Waals surface area contributed by atoms with Gasteiger partial charge in [0.1, 0.15) is 0 Å². The second-order valence-corrected chi connectivity index (χ2v) is 8.50. The van der Waals surface area contributed by atoms with Gasteiger partial charge in [0.25, 0.3) is 21.8 Å². The van der Waals surface area contributed by atoms with Crippen LogP contribution < -0.4 is 15.4 Å². The van der Waals surface area contributed by atoms with Crippen LogP contribution in [-0.4, -0.2) is 27.3 Å². The number of anilines is 2. The minimum absolute atomic E-state index is 0.137. The van der Waals surface area contributed by atoms with Crippen molar-refractivity contribution < 1.29 is 31.2 Å². The molecule has 3 aromatic rings. The van der Waals surface area contributed by atoms with E-state index in [1.165, 1.54) is 31.3 Å². The predicted octanol–water partition coefficient (Wildman–Crippen LogP) is 4.12. The monoisotopic (exact) mass is 477 g/mol. The van der Waals surface area contributed by atoms with Gasteiger partial charge in [0.2, 0.25) is 0 Å². The number of sulfonamides is 1. The number of carbonyl (C=O) groups excluding carboxylic acids is 2. The first kappa shape index (κ1) is 23.8. The summed E-state index contributed by atoms with van der Waals surface area (Å²) in [6.07, 6.45) is -4.61. The van der Waals surface area contributed by atoms with Crippen LogP contribution in [0.25, 0.3) is 0 Å². The van der Waals surface area contributed by atoms with Crippen molar-refractivity contribution in [3.05, 3.63) is 89.5 Å². The van der Waals surface area contributed by atoms with Crippen LogP contribution in [0.3, 0.4) is 0 Å². The Balaban J connectivity index is 1.74. The highest BCUT2D eigenvalue weighted by Gasteiger charge is 2.30. The number of halogens is 3. The lowest BCUT2D eigenvalue weighted by molar-refractivity contribution is -0.137. The van der Waals surface area contributed by atoms with Gasteiger partial charge < -0.3 is 10.6 Å². The summed E-state index contributed by atoms with van der Waals surface area (Å²) in [4.78, 5) is 23.9. The molecule has 3 N–H and O–H groups in total. The van der Waals surface area contributed by atoms with Gasteiger partial charge in [0, 0.05) is 29.5 Å². The van der Waals surface area contributed by atoms with E-state index in [0.717, 1.165) is 24.3 Å². The third-order valence-electron chi connectivity index (χ3n) is 4.48. The second-order valence-electron chi connectivity index (χ2n) is 6.82. The van der Waals surface area contributed by atoms with Crippen LogP contribution in [-0.2, 0) is 16.2 Å². The van der Waals surface area contributed by atoms with Crippen LogP contribution in [0.15, 0.2) is 77.7 Å². The molecule has 0 aliphatic carbocycles. The number of alkyl halides is 3. The molecular weight excluding hydrogens is 459 g/mol. The highest BCUT2D eigenvalue weighted by Crippen LogP contribution is 2.31. The molecule has 0 saturated heterocycles. The second kappa shape index (κ2) is 9.33. The van der Waals surface area contributed by atoms with E-state index in [9.17, 15) is 31.2 Å². The lowest BCUT2D eigenvalue weighted by atomic mass is 10.1. The van der Waals surface area contributed by atoms with Gasteiger partial charge in [-0.2, -0.15) is 13.2 Å². The maximum Gasteiger partial charge on any atom is 0.416 e. The van der Waals surface area contributed by atoms with E-state index in [-0.39, 0.29) is 22.1 Å². The summed E-state index contributed by atoms with van der Waals surface area (Å²) in [5.74, 6) is -0.868. The van der Waals surface area contributed by atoms with Gasteiger partial charge in [-0.05, 0) is 60.7 Å². The number of carbonyl (C=O) groups is 2. The molecular formula is C22H18F3N3O4S. The van der Waals surface area contributed by atoms with Crippen LogP contribution in [0.5, 0.6) is 0 Å². The Kier molecular flexibility index (Phi) is 6.73. The van der Waals surface area contributed by atoms with Gasteiger partial charge in [0.05, 0.1) is 10.5 Å². The number of benzene rings is 3. The van der Waals surface area contributed by atoms with Gasteiger partial charge in [-0.25, -0.2) is 8.42 Å². The van der Waals surface area contributed by atoms with Crippen molar-refractivity contribution in [2.24, 2.45) is 0 Å². The largest absolute Gasteiger partial charge is 0.416 e. The molecule has 0 heterocycles. The van der Waals surface area contributed by atoms with Crippen LogP contribution in [0, 0.1) is 0 Å². The molecule has 0 aliphatic heterocycles. The van der Waals surface area contributed by atoms with Crippen LogP contribution >= 0.6 is 0 Å². The van der Waals surface area contributed by atoms with Gasteiger partial charge in [-0.3, -0.25) is 14.3 Å². The fourth-order valence-electron chi connectivity index (χ4n) is 2.84. The van der Waals surface area contributed by atoms with E-state index in [0.29, 0.717) is 17.3 Å². The summed E-state index contributed by atoms with van der Waals surface area (Å²) in [6.45, 7) is 0. The summed E-state index contributed by atoms with van der Waals surface area (Å²) in [7, 11) is -2.71. The Morgan fingerprint density at radius 3 is 2.06 bits per heavy atom. The molecule has 0 atom stereocenters. The Labute approximate surface area is 187 Å². The summed E-state index contributed by atoms with van der Waals surface area (Å²) < 4.78 is 65.7. The number of rotatable bonds is 6. The fraction of sp³-hybridized carbons (Fsp3) is 0.0909. The highest BCUT2D eigenvalue weighted by atomic mass is 32.2. The third-order valence-corrected chi connectivity index (χ3v) is 5.88. The van der Waals surface area contributed by atoms with E-state index in [1.807, 2.05) is 0 Å². The Bertz CT molecular complexity index is 1290. The smallest absolute Gasteiger partial charge is 0.355 e. The van der Waals surface area contributed by atoms with E-state index in [1.54, 1.807) is 18.2 Å². The standard InChI is InChI=1S/C22H18F3N3O4S/c1-26-20(29)15-4-2-6-17(12-15)27-21(30)14-8-10-19(11-9-14)33(31,32)28-18-7-3-5-16(13-18)22(23,24)25/h2-13,28H,1H3,(H,26,29)(H,27,30). The summed E-state index contributed by atoms with van der Waals surface area (Å²) >= 11 is 0. The van der Waals surface area contributed by atoms with E-state index in [2.05, 4.69) is 15.4 Å². The molecule has 3 aromatic carbocycles. The quantitative estimate of drug-likeness (QED) is 0.497. The molecule has 11 heteroatoms. The minimum Gasteiger partial charge on any atom is -0.355 e. The van der Waals surface area contributed by atoms with Crippen molar-refractivity contribution in [1.29, 1.82) is 0 Å². The summed E-state index contributed by atoms with van der Waals surface area (Å²) in [5, 5.41) is 5.08. The highest BCUT2D eigenvalue weighted by molar-refractivity contribution is 7.92. The summed E-state index contributed by atoms with van der Waals surface area (Å²) in [6, 6.07) is 14.9. The molecule has 0 aliphatic rings. The molecule has 0 radical (unpaired) electrons. The zero-order valence-electron chi connectivity index (χ0n) is 17.1. The summed E-state index contributed by atoms with van der Waals surface area (Å²) in [5.41, 5.74) is -0.391. The molecule has 0 aromatic heterocycles. The first-order chi connectivity index (χ1) is 15.5. The molecule has 2 amide bonds. The van der Waals surface area contributed by atoms with Gasteiger partial charge in [-0.1, -0.05) is 12.1 Å². The van der Waals surface area contributed by atoms with E-state index in [4.69, 9.17) is 0 Å². The van der Waals surface area contributed by atoms with Gasteiger partial charge in [-0.15, -0.1) is 0 Å². The van der Waals surface area contributed by atoms with Crippen molar-refractivity contribution in [2.45, 2.75) is 11.1 Å². The number of hydrogen-bond acceptors (Lipinski definition) is 4. The van der Waals surface area contributed by atoms with E-state index < -0.39 is 27.7 Å². The Hall–Kier alpha value is -3.86. The number of hydrogen-bond donors (Lipinski definition) is 3. The molecule has 7 nitrogen and oxygen atoms in total. The van der Waals surface area contributed by atoms with Crippen LogP contribution in [0.1, 0.15) is 26.3 Å². The third kappa shape index (κ3) is 5.89. The Morgan fingerprint density at radius 2 is 1.42 bits per heavy atom. The van der Waals surface area contributed by atoms with Crippen molar-refractivity contribution in [3.8, 4) is 0 Å². The fourth-order valence-corrected chi connectivity index (χ4v) is 3.89. The van der Waals surface area contributed by atoms with Crippen LogP contribution in [0.2, 0.25) is 0 Å². The number of nitrogens with one attached hydrogen (secondary N) is 3. The molecule has 172 valence electrons. The zero-order valence-corrected chi connectivity index (χ0v) is 17.9. The molecule has 0 unspecified atom stereocenters. The molecule has 0 spiro atoms. The molecule has 0 fully saturated rings. The van der Waals surface area contributed by atoms with Gasteiger partial charge in [0.15, 0.2) is 0 Å². The average Bonchev–Trinajstić information content (AvgIpc) is 2.78. The van der Waals surface area contributed by atoms with Crippen molar-refractivity contribution >= 4 is 33.2 Å². The predicted molar refractivity (Wildman–Crippen MR) is 116 cm³/mol. The molecule has 0 saturated carbocycles. The zero-order chi connectivity index (χ0) is 24.2. The molecule has 33 heavy (non-hydrogen) atoms. The topological polar surface area (TPSA) is 104 Å². The van der Waals surface area contributed by atoms with E-state index >= 15 is 0 Å².